The van der Waals surface area contributed by atoms with E-state index in [0.717, 1.165) is 47.7 Å². The first-order valence-corrected chi connectivity index (χ1v) is 10.9. The number of hydrogen-bond donors (Lipinski definition) is 2. The maximum absolute atomic E-state index is 13.2. The fraction of sp³-hybridized carbons (Fsp3) is 0.360. The molecular formula is C25H28FN3O2. The normalized spacial score (nSPS) is 14.5. The molecule has 6 heteroatoms. The monoisotopic (exact) mass is 421 g/mol. The summed E-state index contributed by atoms with van der Waals surface area (Å²) in [5.41, 5.74) is 3.87. The molecule has 2 amide bonds. The van der Waals surface area contributed by atoms with Crippen molar-refractivity contribution in [1.29, 1.82) is 0 Å². The van der Waals surface area contributed by atoms with Crippen molar-refractivity contribution in [3.63, 3.8) is 0 Å². The Bertz CT molecular complexity index is 1150. The molecular weight excluding hydrogens is 393 g/mol. The van der Waals surface area contributed by atoms with Gasteiger partial charge in [-0.25, -0.2) is 9.18 Å². The Morgan fingerprint density at radius 1 is 1.06 bits per heavy atom. The van der Waals surface area contributed by atoms with Gasteiger partial charge in [0.05, 0.1) is 12.1 Å². The first-order chi connectivity index (χ1) is 14.9. The van der Waals surface area contributed by atoms with E-state index in [2.05, 4.69) is 10.3 Å². The average Bonchev–Trinajstić information content (AvgIpc) is 2.77. The highest BCUT2D eigenvalue weighted by molar-refractivity contribution is 5.90. The van der Waals surface area contributed by atoms with Gasteiger partial charge in [-0.05, 0) is 68.1 Å². The van der Waals surface area contributed by atoms with Crippen LogP contribution in [0.15, 0.2) is 47.3 Å². The molecule has 1 heterocycles. The van der Waals surface area contributed by atoms with Gasteiger partial charge in [0.25, 0.3) is 5.56 Å². The van der Waals surface area contributed by atoms with Crippen molar-refractivity contribution in [1.82, 2.24) is 9.88 Å². The van der Waals surface area contributed by atoms with E-state index in [4.69, 9.17) is 0 Å². The molecule has 0 unspecified atom stereocenters. The van der Waals surface area contributed by atoms with E-state index in [9.17, 15) is 14.0 Å². The van der Waals surface area contributed by atoms with Gasteiger partial charge in [0.2, 0.25) is 0 Å². The van der Waals surface area contributed by atoms with E-state index >= 15 is 0 Å². The van der Waals surface area contributed by atoms with Crippen molar-refractivity contribution in [3.8, 4) is 0 Å². The third kappa shape index (κ3) is 4.63. The van der Waals surface area contributed by atoms with E-state index in [0.29, 0.717) is 11.3 Å². The van der Waals surface area contributed by atoms with Crippen LogP contribution in [0.3, 0.4) is 0 Å². The number of carbonyl (C=O) groups is 1. The van der Waals surface area contributed by atoms with Gasteiger partial charge in [-0.1, -0.05) is 31.4 Å². The number of nitrogens with zero attached hydrogens (tertiary/aromatic N) is 1. The van der Waals surface area contributed by atoms with Crippen molar-refractivity contribution in [2.24, 2.45) is 0 Å². The number of aromatic nitrogens is 1. The molecule has 2 aromatic carbocycles. The maximum atomic E-state index is 13.2. The molecule has 0 atom stereocenters. The number of urea groups is 1. The quantitative estimate of drug-likeness (QED) is 0.572. The van der Waals surface area contributed by atoms with E-state index in [1.165, 1.54) is 18.6 Å². The Morgan fingerprint density at radius 3 is 2.45 bits per heavy atom. The Balaban J connectivity index is 1.66. The second-order valence-corrected chi connectivity index (χ2v) is 8.47. The molecule has 1 aliphatic carbocycles. The molecule has 0 spiro atoms. The minimum absolute atomic E-state index is 0.0721. The number of fused-ring (bicyclic) bond motifs is 1. The number of benzene rings is 2. The molecule has 0 bridgehead atoms. The number of nitrogens with one attached hydrogen (secondary N) is 2. The number of carbonyl (C=O) groups excluding carboxylic acids is 1. The van der Waals surface area contributed by atoms with Crippen LogP contribution in [-0.4, -0.2) is 22.0 Å². The highest BCUT2D eigenvalue weighted by atomic mass is 19.1. The van der Waals surface area contributed by atoms with Crippen molar-refractivity contribution >= 4 is 22.6 Å². The second kappa shape index (κ2) is 8.92. The van der Waals surface area contributed by atoms with Crippen LogP contribution in [0.4, 0.5) is 14.9 Å². The Labute approximate surface area is 181 Å². The smallest absolute Gasteiger partial charge is 0.321 e. The standard InChI is InChI=1S/C25H28FN3O2/c1-16-8-9-17(2)23-22(16)14-18(24(30)28-23)15-29(21-6-4-3-5-7-21)25(31)27-20-12-10-19(26)11-13-20/h8-14,21H,3-7,15H2,1-2H3,(H,27,31)(H,28,30). The van der Waals surface area contributed by atoms with E-state index in [-0.39, 0.29) is 30.0 Å². The van der Waals surface area contributed by atoms with Gasteiger partial charge < -0.3 is 15.2 Å². The number of aromatic amines is 1. The Hall–Kier alpha value is -3.15. The van der Waals surface area contributed by atoms with E-state index in [1.807, 2.05) is 32.0 Å². The molecule has 1 aliphatic rings. The SMILES string of the molecule is Cc1ccc(C)c2[nH]c(=O)c(CN(C(=O)Nc3ccc(F)cc3)C3CCCCC3)cc12. The molecule has 2 N–H and O–H groups in total. The van der Waals surface area contributed by atoms with Crippen LogP contribution in [0.2, 0.25) is 0 Å². The molecule has 0 radical (unpaired) electrons. The summed E-state index contributed by atoms with van der Waals surface area (Å²) >= 11 is 0. The van der Waals surface area contributed by atoms with Crippen molar-refractivity contribution in [2.75, 3.05) is 5.32 Å². The molecule has 31 heavy (non-hydrogen) atoms. The fourth-order valence-corrected chi connectivity index (χ4v) is 4.41. The second-order valence-electron chi connectivity index (χ2n) is 8.47. The zero-order valence-corrected chi connectivity index (χ0v) is 18.0. The minimum atomic E-state index is -0.351. The predicted octanol–water partition coefficient (Wildman–Crippen LogP) is 5.65. The molecule has 5 nitrogen and oxygen atoms in total. The molecule has 0 saturated heterocycles. The van der Waals surface area contributed by atoms with E-state index in [1.54, 1.807) is 17.0 Å². The van der Waals surface area contributed by atoms with Gasteiger partial charge >= 0.3 is 6.03 Å². The van der Waals surface area contributed by atoms with Crippen LogP contribution >= 0.6 is 0 Å². The Morgan fingerprint density at radius 2 is 1.74 bits per heavy atom. The molecule has 1 saturated carbocycles. The molecule has 3 aromatic rings. The number of H-pyrrole nitrogens is 1. The lowest BCUT2D eigenvalue weighted by molar-refractivity contribution is 0.162. The summed E-state index contributed by atoms with van der Waals surface area (Å²) in [7, 11) is 0. The first-order valence-electron chi connectivity index (χ1n) is 10.9. The summed E-state index contributed by atoms with van der Waals surface area (Å²) in [5.74, 6) is -0.351. The fourth-order valence-electron chi connectivity index (χ4n) is 4.41. The molecule has 1 fully saturated rings. The number of amides is 2. The Kier molecular flexibility index (Phi) is 6.07. The van der Waals surface area contributed by atoms with Gasteiger partial charge in [0, 0.05) is 22.7 Å². The van der Waals surface area contributed by atoms with Crippen molar-refractivity contribution in [2.45, 2.75) is 58.5 Å². The summed E-state index contributed by atoms with van der Waals surface area (Å²) in [4.78, 5) is 30.9. The lowest BCUT2D eigenvalue weighted by Crippen LogP contribution is -2.44. The van der Waals surface area contributed by atoms with E-state index < -0.39 is 0 Å². The third-order valence-electron chi connectivity index (χ3n) is 6.23. The zero-order valence-electron chi connectivity index (χ0n) is 18.0. The van der Waals surface area contributed by atoms with Crippen LogP contribution < -0.4 is 10.9 Å². The number of hydrogen-bond acceptors (Lipinski definition) is 2. The first kappa shape index (κ1) is 21.1. The number of rotatable bonds is 4. The van der Waals surface area contributed by atoms with Gasteiger partial charge in [-0.15, -0.1) is 0 Å². The van der Waals surface area contributed by atoms with Crippen LogP contribution in [0.5, 0.6) is 0 Å². The van der Waals surface area contributed by atoms with Crippen molar-refractivity contribution < 1.29 is 9.18 Å². The van der Waals surface area contributed by atoms with Gasteiger partial charge in [-0.3, -0.25) is 4.79 Å². The third-order valence-corrected chi connectivity index (χ3v) is 6.23. The largest absolute Gasteiger partial charge is 0.322 e. The van der Waals surface area contributed by atoms with Gasteiger partial charge in [0.1, 0.15) is 5.82 Å². The topological polar surface area (TPSA) is 65.2 Å². The summed E-state index contributed by atoms with van der Waals surface area (Å²) in [6, 6.07) is 11.5. The molecule has 162 valence electrons. The van der Waals surface area contributed by atoms with Crippen LogP contribution in [0.1, 0.15) is 48.8 Å². The summed E-state index contributed by atoms with van der Waals surface area (Å²) < 4.78 is 13.2. The van der Waals surface area contributed by atoms with Crippen molar-refractivity contribution in [3.05, 3.63) is 75.3 Å². The summed E-state index contributed by atoms with van der Waals surface area (Å²) in [6.45, 7) is 4.22. The summed E-state index contributed by atoms with van der Waals surface area (Å²) in [6.07, 6.45) is 5.13. The van der Waals surface area contributed by atoms with Crippen LogP contribution in [-0.2, 0) is 6.54 Å². The molecule has 4 rings (SSSR count). The maximum Gasteiger partial charge on any atom is 0.322 e. The predicted molar refractivity (Wildman–Crippen MR) is 122 cm³/mol. The van der Waals surface area contributed by atoms with Gasteiger partial charge in [0.15, 0.2) is 0 Å². The molecule has 1 aromatic heterocycles. The van der Waals surface area contributed by atoms with Crippen LogP contribution in [0.25, 0.3) is 10.9 Å². The highest BCUT2D eigenvalue weighted by Gasteiger charge is 2.27. The number of anilines is 1. The lowest BCUT2D eigenvalue weighted by Gasteiger charge is -2.34. The lowest BCUT2D eigenvalue weighted by atomic mass is 9.94. The number of aryl methyl sites for hydroxylation is 2. The molecule has 0 aliphatic heterocycles. The summed E-state index contributed by atoms with van der Waals surface area (Å²) in [5, 5.41) is 3.87. The highest BCUT2D eigenvalue weighted by Crippen LogP contribution is 2.26. The number of halogens is 1. The van der Waals surface area contributed by atoms with Gasteiger partial charge in [-0.2, -0.15) is 0 Å². The number of pyridine rings is 1. The zero-order chi connectivity index (χ0) is 22.0. The average molecular weight is 422 g/mol. The minimum Gasteiger partial charge on any atom is -0.321 e. The van der Waals surface area contributed by atoms with Crippen LogP contribution in [0, 0.1) is 19.7 Å².